The second kappa shape index (κ2) is 5.29. The fourth-order valence-corrected chi connectivity index (χ4v) is 2.06. The lowest BCUT2D eigenvalue weighted by Crippen LogP contribution is -2.11. The molecule has 2 rings (SSSR count). The van der Waals surface area contributed by atoms with Gasteiger partial charge in [0.05, 0.1) is 13.2 Å². The van der Waals surface area contributed by atoms with Crippen LogP contribution in [0, 0.1) is 0 Å². The summed E-state index contributed by atoms with van der Waals surface area (Å²) in [7, 11) is 0. The van der Waals surface area contributed by atoms with Gasteiger partial charge < -0.3 is 15.6 Å². The minimum absolute atomic E-state index is 0.0831. The first-order valence-electron chi connectivity index (χ1n) is 5.83. The highest BCUT2D eigenvalue weighted by Gasteiger charge is 2.14. The number of benzene rings is 1. The molecule has 0 radical (unpaired) electrons. The number of aliphatic carboxylic acids is 1. The Bertz CT molecular complexity index is 417. The largest absolute Gasteiger partial charge is 0.481 e. The fraction of sp³-hybridized carbons (Fsp3) is 0.462. The predicted octanol–water partition coefficient (Wildman–Crippen LogP) is 1.97. The summed E-state index contributed by atoms with van der Waals surface area (Å²) in [5.41, 5.74) is 9.54. The molecule has 1 atom stereocenters. The van der Waals surface area contributed by atoms with Gasteiger partial charge in [-0.3, -0.25) is 4.79 Å². The maximum atomic E-state index is 10.4. The van der Waals surface area contributed by atoms with Gasteiger partial charge in [0.2, 0.25) is 0 Å². The summed E-state index contributed by atoms with van der Waals surface area (Å²) >= 11 is 0. The number of nitrogens with two attached hydrogens (primary N) is 1. The van der Waals surface area contributed by atoms with Crippen LogP contribution in [0.25, 0.3) is 0 Å². The molecule has 0 aromatic heterocycles. The average Bonchev–Trinajstić information content (AvgIpc) is 2.75. The smallest absolute Gasteiger partial charge is 0.303 e. The number of carboxylic acids is 1. The van der Waals surface area contributed by atoms with Crippen molar-refractivity contribution in [3.63, 3.8) is 0 Å². The first-order valence-corrected chi connectivity index (χ1v) is 5.83. The molecule has 1 heterocycles. The molecular formula is C13H17NO3. The van der Waals surface area contributed by atoms with Gasteiger partial charge >= 0.3 is 5.97 Å². The molecule has 4 nitrogen and oxygen atoms in total. The van der Waals surface area contributed by atoms with E-state index in [4.69, 9.17) is 15.6 Å². The lowest BCUT2D eigenvalue weighted by atomic mass is 9.98. The van der Waals surface area contributed by atoms with Crippen LogP contribution < -0.4 is 5.73 Å². The molecule has 1 unspecified atom stereocenters. The van der Waals surface area contributed by atoms with E-state index in [1.54, 1.807) is 0 Å². The molecule has 17 heavy (non-hydrogen) atoms. The molecule has 0 bridgehead atoms. The third kappa shape index (κ3) is 3.05. The molecule has 1 aromatic carbocycles. The fourth-order valence-electron chi connectivity index (χ4n) is 2.06. The number of rotatable bonds is 5. The Morgan fingerprint density at radius 3 is 2.94 bits per heavy atom. The Labute approximate surface area is 100 Å². The van der Waals surface area contributed by atoms with E-state index in [-0.39, 0.29) is 12.5 Å². The van der Waals surface area contributed by atoms with Gasteiger partial charge in [-0.15, -0.1) is 0 Å². The lowest BCUT2D eigenvalue weighted by Gasteiger charge is -2.12. The summed E-state index contributed by atoms with van der Waals surface area (Å²) in [6.45, 7) is 1.34. The predicted molar refractivity (Wildman–Crippen MR) is 63.4 cm³/mol. The summed E-state index contributed by atoms with van der Waals surface area (Å²) in [6.07, 6.45) is 1.50. The number of hydrogen-bond acceptors (Lipinski definition) is 3. The van der Waals surface area contributed by atoms with Crippen molar-refractivity contribution in [3.05, 3.63) is 34.9 Å². The van der Waals surface area contributed by atoms with Crippen molar-refractivity contribution < 1.29 is 14.6 Å². The van der Waals surface area contributed by atoms with E-state index < -0.39 is 5.97 Å². The summed E-state index contributed by atoms with van der Waals surface area (Å²) < 4.78 is 5.34. The summed E-state index contributed by atoms with van der Waals surface area (Å²) in [6, 6.07) is 6.06. The minimum atomic E-state index is -0.764. The molecule has 1 aromatic rings. The van der Waals surface area contributed by atoms with E-state index in [1.807, 2.05) is 6.07 Å². The van der Waals surface area contributed by atoms with Gasteiger partial charge in [-0.2, -0.15) is 0 Å². The van der Waals surface area contributed by atoms with Crippen molar-refractivity contribution in [2.45, 2.75) is 38.5 Å². The maximum Gasteiger partial charge on any atom is 0.303 e. The molecule has 0 amide bonds. The third-order valence-corrected chi connectivity index (χ3v) is 3.08. The normalized spacial score (nSPS) is 15.6. The number of carboxylic acid groups (broad SMARTS) is 1. The van der Waals surface area contributed by atoms with Crippen LogP contribution in [0.15, 0.2) is 18.2 Å². The van der Waals surface area contributed by atoms with E-state index in [9.17, 15) is 4.79 Å². The number of ether oxygens (including phenoxy) is 1. The van der Waals surface area contributed by atoms with Crippen LogP contribution in [-0.4, -0.2) is 11.1 Å². The Kier molecular flexibility index (Phi) is 3.76. The monoisotopic (exact) mass is 235 g/mol. The highest BCUT2D eigenvalue weighted by Crippen LogP contribution is 2.25. The van der Waals surface area contributed by atoms with E-state index in [0.717, 1.165) is 5.56 Å². The van der Waals surface area contributed by atoms with Crippen molar-refractivity contribution in [3.8, 4) is 0 Å². The number of fused-ring (bicyclic) bond motifs is 1. The third-order valence-electron chi connectivity index (χ3n) is 3.08. The Hall–Kier alpha value is -1.39. The highest BCUT2D eigenvalue weighted by atomic mass is 16.5. The second-order valence-electron chi connectivity index (χ2n) is 4.41. The van der Waals surface area contributed by atoms with Crippen molar-refractivity contribution in [1.82, 2.24) is 0 Å². The van der Waals surface area contributed by atoms with Crippen LogP contribution in [0.1, 0.15) is 42.0 Å². The standard InChI is InChI=1S/C13H17NO3/c14-12(2-1-3-13(15)16)9-4-5-10-7-17-8-11(10)6-9/h4-6,12H,1-3,7-8,14H2,(H,15,16). The Morgan fingerprint density at radius 2 is 2.18 bits per heavy atom. The molecule has 0 aliphatic carbocycles. The summed E-state index contributed by atoms with van der Waals surface area (Å²) in [5, 5.41) is 8.57. The maximum absolute atomic E-state index is 10.4. The van der Waals surface area contributed by atoms with Gasteiger partial charge in [-0.05, 0) is 29.5 Å². The number of carbonyl (C=O) groups is 1. The quantitative estimate of drug-likeness (QED) is 0.818. The zero-order valence-corrected chi connectivity index (χ0v) is 9.69. The van der Waals surface area contributed by atoms with Crippen molar-refractivity contribution in [2.75, 3.05) is 0 Å². The van der Waals surface area contributed by atoms with Gasteiger partial charge in [0.1, 0.15) is 0 Å². The average molecular weight is 235 g/mol. The zero-order valence-electron chi connectivity index (χ0n) is 9.69. The Morgan fingerprint density at radius 1 is 1.41 bits per heavy atom. The Balaban J connectivity index is 1.95. The molecule has 1 aliphatic heterocycles. The molecule has 1 aliphatic rings. The van der Waals surface area contributed by atoms with Crippen LogP contribution in [-0.2, 0) is 22.7 Å². The van der Waals surface area contributed by atoms with E-state index >= 15 is 0 Å². The highest BCUT2D eigenvalue weighted by molar-refractivity contribution is 5.66. The first kappa shape index (κ1) is 12.1. The van der Waals surface area contributed by atoms with Gasteiger partial charge in [-0.25, -0.2) is 0 Å². The topological polar surface area (TPSA) is 72.6 Å². The van der Waals surface area contributed by atoms with Crippen LogP contribution >= 0.6 is 0 Å². The van der Waals surface area contributed by atoms with E-state index in [1.165, 1.54) is 11.1 Å². The van der Waals surface area contributed by atoms with Crippen molar-refractivity contribution in [2.24, 2.45) is 5.73 Å². The first-order chi connectivity index (χ1) is 8.16. The lowest BCUT2D eigenvalue weighted by molar-refractivity contribution is -0.137. The second-order valence-corrected chi connectivity index (χ2v) is 4.41. The van der Waals surface area contributed by atoms with Crippen LogP contribution in [0.5, 0.6) is 0 Å². The molecule has 92 valence electrons. The van der Waals surface area contributed by atoms with E-state index in [2.05, 4.69) is 12.1 Å². The number of hydrogen-bond donors (Lipinski definition) is 2. The van der Waals surface area contributed by atoms with Gasteiger partial charge in [0.25, 0.3) is 0 Å². The van der Waals surface area contributed by atoms with Crippen molar-refractivity contribution >= 4 is 5.97 Å². The van der Waals surface area contributed by atoms with Crippen LogP contribution in [0.4, 0.5) is 0 Å². The molecule has 4 heteroatoms. The molecule has 3 N–H and O–H groups in total. The van der Waals surface area contributed by atoms with Crippen molar-refractivity contribution in [1.29, 1.82) is 0 Å². The van der Waals surface area contributed by atoms with Gasteiger partial charge in [0, 0.05) is 12.5 Å². The molecule has 0 spiro atoms. The van der Waals surface area contributed by atoms with Crippen LogP contribution in [0.2, 0.25) is 0 Å². The molecular weight excluding hydrogens is 218 g/mol. The van der Waals surface area contributed by atoms with Crippen LogP contribution in [0.3, 0.4) is 0 Å². The molecule has 0 saturated heterocycles. The van der Waals surface area contributed by atoms with Gasteiger partial charge in [0.15, 0.2) is 0 Å². The SMILES string of the molecule is NC(CCCC(=O)O)c1ccc2c(c1)COC2. The van der Waals surface area contributed by atoms with E-state index in [0.29, 0.717) is 26.1 Å². The van der Waals surface area contributed by atoms with Gasteiger partial charge in [-0.1, -0.05) is 18.2 Å². The molecule has 0 fully saturated rings. The molecule has 0 saturated carbocycles. The summed E-state index contributed by atoms with van der Waals surface area (Å²) in [4.78, 5) is 10.4. The minimum Gasteiger partial charge on any atom is -0.481 e. The summed E-state index contributed by atoms with van der Waals surface area (Å²) in [5.74, 6) is -0.764. The zero-order chi connectivity index (χ0) is 12.3.